The van der Waals surface area contributed by atoms with Crippen LogP contribution in [0.5, 0.6) is 0 Å². The van der Waals surface area contributed by atoms with E-state index in [0.717, 1.165) is 5.82 Å². The van der Waals surface area contributed by atoms with Crippen LogP contribution in [-0.4, -0.2) is 14.8 Å². The Labute approximate surface area is 99.7 Å². The van der Waals surface area contributed by atoms with E-state index in [-0.39, 0.29) is 5.82 Å². The molecule has 4 nitrogen and oxygen atoms in total. The molecular formula is C9H8FIN4. The molecule has 0 radical (unpaired) electrons. The van der Waals surface area contributed by atoms with Gasteiger partial charge in [-0.3, -0.25) is 4.68 Å². The van der Waals surface area contributed by atoms with Gasteiger partial charge in [-0.1, -0.05) is 0 Å². The van der Waals surface area contributed by atoms with E-state index >= 15 is 0 Å². The third kappa shape index (κ3) is 2.25. The van der Waals surface area contributed by atoms with Crippen LogP contribution in [0.15, 0.2) is 24.5 Å². The smallest absolute Gasteiger partial charge is 0.154 e. The molecule has 2 aromatic heterocycles. The van der Waals surface area contributed by atoms with Gasteiger partial charge in [-0.2, -0.15) is 5.10 Å². The maximum Gasteiger partial charge on any atom is 0.154 e. The summed E-state index contributed by atoms with van der Waals surface area (Å²) in [4.78, 5) is 3.92. The molecule has 0 unspecified atom stereocenters. The van der Waals surface area contributed by atoms with Crippen LogP contribution in [0.3, 0.4) is 0 Å². The van der Waals surface area contributed by atoms with E-state index in [9.17, 15) is 4.39 Å². The molecule has 0 saturated carbocycles. The summed E-state index contributed by atoms with van der Waals surface area (Å²) in [6, 6.07) is 3.46. The highest BCUT2D eigenvalue weighted by Crippen LogP contribution is 2.17. The Morgan fingerprint density at radius 1 is 1.53 bits per heavy atom. The summed E-state index contributed by atoms with van der Waals surface area (Å²) in [7, 11) is 1.82. The Balaban J connectivity index is 2.25. The molecule has 0 aliphatic rings. The van der Waals surface area contributed by atoms with Crippen LogP contribution >= 0.6 is 22.6 Å². The summed E-state index contributed by atoms with van der Waals surface area (Å²) < 4.78 is 15.2. The highest BCUT2D eigenvalue weighted by Gasteiger charge is 2.03. The van der Waals surface area contributed by atoms with Crippen molar-refractivity contribution in [3.63, 3.8) is 0 Å². The number of anilines is 2. The van der Waals surface area contributed by atoms with Crippen molar-refractivity contribution in [2.24, 2.45) is 7.05 Å². The van der Waals surface area contributed by atoms with E-state index in [1.807, 2.05) is 35.7 Å². The van der Waals surface area contributed by atoms with Gasteiger partial charge >= 0.3 is 0 Å². The van der Waals surface area contributed by atoms with Crippen LogP contribution < -0.4 is 5.32 Å². The molecule has 0 amide bonds. The highest BCUT2D eigenvalue weighted by molar-refractivity contribution is 14.1. The van der Waals surface area contributed by atoms with Crippen molar-refractivity contribution in [3.05, 3.63) is 33.9 Å². The topological polar surface area (TPSA) is 42.7 Å². The van der Waals surface area contributed by atoms with E-state index in [4.69, 9.17) is 0 Å². The molecule has 0 bridgehead atoms. The first kappa shape index (κ1) is 10.3. The van der Waals surface area contributed by atoms with E-state index < -0.39 is 0 Å². The van der Waals surface area contributed by atoms with Crippen LogP contribution in [-0.2, 0) is 7.05 Å². The van der Waals surface area contributed by atoms with Crippen molar-refractivity contribution in [2.75, 3.05) is 5.32 Å². The molecule has 2 aromatic rings. The Bertz CT molecular complexity index is 483. The van der Waals surface area contributed by atoms with E-state index in [2.05, 4.69) is 15.4 Å². The number of nitrogens with zero attached hydrogens (tertiary/aromatic N) is 3. The summed E-state index contributed by atoms with van der Waals surface area (Å²) in [6.45, 7) is 0. The summed E-state index contributed by atoms with van der Waals surface area (Å²) in [5, 5.41) is 7.04. The standard InChI is InChI=1S/C9H8FIN4/c1-15-9(2-3-13-15)14-8-4-7(11)6(10)5-12-8/h2-5H,1H3,(H,12,14). The molecule has 0 fully saturated rings. The molecule has 0 aliphatic carbocycles. The Kier molecular flexibility index (Phi) is 2.85. The van der Waals surface area contributed by atoms with Crippen molar-refractivity contribution in [3.8, 4) is 0 Å². The zero-order valence-corrected chi connectivity index (χ0v) is 10.1. The van der Waals surface area contributed by atoms with Gasteiger partial charge in [0.25, 0.3) is 0 Å². The van der Waals surface area contributed by atoms with Crippen molar-refractivity contribution in [1.29, 1.82) is 0 Å². The van der Waals surface area contributed by atoms with Gasteiger partial charge in [0.05, 0.1) is 16.0 Å². The minimum Gasteiger partial charge on any atom is -0.325 e. The first-order chi connectivity index (χ1) is 7.16. The van der Waals surface area contributed by atoms with Gasteiger partial charge in [0.2, 0.25) is 0 Å². The maximum atomic E-state index is 12.9. The average molecular weight is 318 g/mol. The number of hydrogen-bond acceptors (Lipinski definition) is 3. The van der Waals surface area contributed by atoms with Crippen LogP contribution in [0.2, 0.25) is 0 Å². The largest absolute Gasteiger partial charge is 0.325 e. The van der Waals surface area contributed by atoms with Gasteiger partial charge in [0.1, 0.15) is 11.6 Å². The van der Waals surface area contributed by atoms with Gasteiger partial charge in [0.15, 0.2) is 5.82 Å². The predicted octanol–water partition coefficient (Wildman–Crippen LogP) is 2.30. The van der Waals surface area contributed by atoms with Crippen LogP contribution in [0.25, 0.3) is 0 Å². The number of nitrogens with one attached hydrogen (secondary N) is 1. The zero-order chi connectivity index (χ0) is 10.8. The summed E-state index contributed by atoms with van der Waals surface area (Å²) in [5.41, 5.74) is 0. The SMILES string of the molecule is Cn1nccc1Nc1cc(I)c(F)cn1. The summed E-state index contributed by atoms with van der Waals surface area (Å²) >= 11 is 1.92. The number of pyridine rings is 1. The summed E-state index contributed by atoms with van der Waals surface area (Å²) in [6.07, 6.45) is 2.87. The van der Waals surface area contributed by atoms with Crippen molar-refractivity contribution in [2.45, 2.75) is 0 Å². The number of rotatable bonds is 2. The first-order valence-electron chi connectivity index (χ1n) is 4.23. The molecule has 78 valence electrons. The van der Waals surface area contributed by atoms with Gasteiger partial charge in [-0.15, -0.1) is 0 Å². The minimum absolute atomic E-state index is 0.314. The normalized spacial score (nSPS) is 10.3. The van der Waals surface area contributed by atoms with Gasteiger partial charge in [-0.05, 0) is 28.7 Å². The molecule has 0 atom stereocenters. The highest BCUT2D eigenvalue weighted by atomic mass is 127. The Morgan fingerprint density at radius 2 is 2.33 bits per heavy atom. The quantitative estimate of drug-likeness (QED) is 0.864. The monoisotopic (exact) mass is 318 g/mol. The molecule has 0 spiro atoms. The lowest BCUT2D eigenvalue weighted by molar-refractivity contribution is 0.614. The Morgan fingerprint density at radius 3 is 2.93 bits per heavy atom. The minimum atomic E-state index is -0.314. The lowest BCUT2D eigenvalue weighted by Gasteiger charge is -2.05. The fourth-order valence-electron chi connectivity index (χ4n) is 1.11. The van der Waals surface area contributed by atoms with Crippen LogP contribution in [0.4, 0.5) is 16.0 Å². The Hall–Kier alpha value is -1.18. The second-order valence-electron chi connectivity index (χ2n) is 2.95. The van der Waals surface area contributed by atoms with Crippen LogP contribution in [0.1, 0.15) is 0 Å². The second kappa shape index (κ2) is 4.13. The predicted molar refractivity (Wildman–Crippen MR) is 63.4 cm³/mol. The third-order valence-corrected chi connectivity index (χ3v) is 2.71. The number of aryl methyl sites for hydroxylation is 1. The molecular weight excluding hydrogens is 310 g/mol. The second-order valence-corrected chi connectivity index (χ2v) is 4.11. The average Bonchev–Trinajstić information content (AvgIpc) is 2.59. The van der Waals surface area contributed by atoms with E-state index in [1.54, 1.807) is 16.9 Å². The molecule has 2 heterocycles. The van der Waals surface area contributed by atoms with Crippen LogP contribution in [0, 0.1) is 9.39 Å². The lowest BCUT2D eigenvalue weighted by atomic mass is 10.4. The third-order valence-electron chi connectivity index (χ3n) is 1.89. The van der Waals surface area contributed by atoms with Crippen molar-refractivity contribution >= 4 is 34.2 Å². The molecule has 1 N–H and O–H groups in total. The fraction of sp³-hybridized carbons (Fsp3) is 0.111. The number of hydrogen-bond donors (Lipinski definition) is 1. The molecule has 15 heavy (non-hydrogen) atoms. The summed E-state index contributed by atoms with van der Waals surface area (Å²) in [5.74, 6) is 1.10. The fourth-order valence-corrected chi connectivity index (χ4v) is 1.54. The lowest BCUT2D eigenvalue weighted by Crippen LogP contribution is -2.01. The van der Waals surface area contributed by atoms with Gasteiger partial charge < -0.3 is 5.32 Å². The van der Waals surface area contributed by atoms with Gasteiger partial charge in [0, 0.05) is 13.1 Å². The zero-order valence-electron chi connectivity index (χ0n) is 7.91. The van der Waals surface area contributed by atoms with Crippen molar-refractivity contribution < 1.29 is 4.39 Å². The number of halogens is 2. The first-order valence-corrected chi connectivity index (χ1v) is 5.31. The molecule has 6 heteroatoms. The molecule has 0 aromatic carbocycles. The number of aromatic nitrogens is 3. The maximum absolute atomic E-state index is 12.9. The molecule has 2 rings (SSSR count). The molecule has 0 aliphatic heterocycles. The van der Waals surface area contributed by atoms with E-state index in [1.165, 1.54) is 6.20 Å². The van der Waals surface area contributed by atoms with Crippen molar-refractivity contribution in [1.82, 2.24) is 14.8 Å². The molecule has 0 saturated heterocycles. The van der Waals surface area contributed by atoms with E-state index in [0.29, 0.717) is 9.39 Å². The van der Waals surface area contributed by atoms with Gasteiger partial charge in [-0.25, -0.2) is 9.37 Å².